The monoisotopic (exact) mass is 418 g/mol. The van der Waals surface area contributed by atoms with E-state index < -0.39 is 0 Å². The lowest BCUT2D eigenvalue weighted by Crippen LogP contribution is -2.37. The average molecular weight is 418 g/mol. The molecule has 5 nitrogen and oxygen atoms in total. The molecule has 22 heavy (non-hydrogen) atoms. The number of guanidine groups is 1. The first kappa shape index (κ1) is 19.0. The molecule has 0 amide bonds. The Morgan fingerprint density at radius 2 is 2.09 bits per heavy atom. The first-order valence-corrected chi connectivity index (χ1v) is 7.88. The van der Waals surface area contributed by atoms with E-state index in [-0.39, 0.29) is 24.0 Å². The number of nitrogens with one attached hydrogen (secondary N) is 2. The molecular weight excluding hydrogens is 391 g/mol. The third-order valence-corrected chi connectivity index (χ3v) is 3.61. The number of aliphatic imine (C=N–C) groups is 1. The van der Waals surface area contributed by atoms with Crippen LogP contribution < -0.4 is 15.4 Å². The molecule has 1 aromatic heterocycles. The Kier molecular flexibility index (Phi) is 9.19. The van der Waals surface area contributed by atoms with Crippen LogP contribution in [-0.4, -0.2) is 30.6 Å². The molecule has 0 aliphatic heterocycles. The standard InChI is InChI=1S/C16H26N4O.HI/c1-3-10-18-16(17-2)20-12-13-8-9-15(19-11-13)21-14-6-4-5-7-14;/h8-9,11,14H,3-7,10,12H2,1-2H3,(H2,17,18,20);1H. The van der Waals surface area contributed by atoms with Gasteiger partial charge in [0.2, 0.25) is 5.88 Å². The van der Waals surface area contributed by atoms with Crippen LogP contribution in [0.15, 0.2) is 23.3 Å². The van der Waals surface area contributed by atoms with Gasteiger partial charge < -0.3 is 15.4 Å². The molecule has 1 aliphatic rings. The van der Waals surface area contributed by atoms with E-state index in [0.717, 1.165) is 43.2 Å². The minimum absolute atomic E-state index is 0. The minimum Gasteiger partial charge on any atom is -0.474 e. The number of halogens is 1. The van der Waals surface area contributed by atoms with Crippen molar-refractivity contribution >= 4 is 29.9 Å². The molecule has 0 unspecified atom stereocenters. The van der Waals surface area contributed by atoms with Crippen LogP contribution in [-0.2, 0) is 6.54 Å². The smallest absolute Gasteiger partial charge is 0.213 e. The highest BCUT2D eigenvalue weighted by atomic mass is 127. The molecule has 0 atom stereocenters. The zero-order chi connectivity index (χ0) is 14.9. The van der Waals surface area contributed by atoms with Gasteiger partial charge in [0.25, 0.3) is 0 Å². The van der Waals surface area contributed by atoms with Crippen molar-refractivity contribution in [3.63, 3.8) is 0 Å². The SMILES string of the molecule is CCCNC(=NC)NCc1ccc(OC2CCCC2)nc1.I. The van der Waals surface area contributed by atoms with Gasteiger partial charge in [-0.05, 0) is 37.7 Å². The molecule has 2 N–H and O–H groups in total. The number of hydrogen-bond acceptors (Lipinski definition) is 3. The van der Waals surface area contributed by atoms with Crippen LogP contribution in [0.25, 0.3) is 0 Å². The second-order valence-corrected chi connectivity index (χ2v) is 5.38. The zero-order valence-corrected chi connectivity index (χ0v) is 15.8. The van der Waals surface area contributed by atoms with Gasteiger partial charge in [0.05, 0.1) is 0 Å². The predicted octanol–water partition coefficient (Wildman–Crippen LogP) is 3.10. The quantitative estimate of drug-likeness (QED) is 0.424. The molecule has 0 radical (unpaired) electrons. The molecule has 0 aromatic carbocycles. The summed E-state index contributed by atoms with van der Waals surface area (Å²) in [4.78, 5) is 8.56. The van der Waals surface area contributed by atoms with Crippen molar-refractivity contribution in [1.82, 2.24) is 15.6 Å². The number of pyridine rings is 1. The summed E-state index contributed by atoms with van der Waals surface area (Å²) in [6.45, 7) is 3.76. The van der Waals surface area contributed by atoms with E-state index in [2.05, 4.69) is 33.6 Å². The van der Waals surface area contributed by atoms with Crippen molar-refractivity contribution in [2.75, 3.05) is 13.6 Å². The summed E-state index contributed by atoms with van der Waals surface area (Å²) in [6.07, 6.45) is 8.17. The summed E-state index contributed by atoms with van der Waals surface area (Å²) < 4.78 is 5.86. The fraction of sp³-hybridized carbons (Fsp3) is 0.625. The summed E-state index contributed by atoms with van der Waals surface area (Å²) in [7, 11) is 1.78. The summed E-state index contributed by atoms with van der Waals surface area (Å²) in [5, 5.41) is 6.51. The number of hydrogen-bond donors (Lipinski definition) is 2. The van der Waals surface area contributed by atoms with Crippen LogP contribution in [0.5, 0.6) is 5.88 Å². The van der Waals surface area contributed by atoms with Crippen LogP contribution in [0.4, 0.5) is 0 Å². The minimum atomic E-state index is 0. The Bertz CT molecular complexity index is 444. The molecule has 124 valence electrons. The van der Waals surface area contributed by atoms with Gasteiger partial charge in [-0.2, -0.15) is 0 Å². The van der Waals surface area contributed by atoms with Crippen LogP contribution in [0.2, 0.25) is 0 Å². The third kappa shape index (κ3) is 6.37. The third-order valence-electron chi connectivity index (χ3n) is 3.61. The fourth-order valence-electron chi connectivity index (χ4n) is 2.41. The lowest BCUT2D eigenvalue weighted by atomic mass is 10.3. The Labute approximate surface area is 150 Å². The molecule has 1 saturated carbocycles. The second-order valence-electron chi connectivity index (χ2n) is 5.38. The van der Waals surface area contributed by atoms with Gasteiger partial charge in [-0.25, -0.2) is 4.98 Å². The average Bonchev–Trinajstić information content (AvgIpc) is 3.02. The largest absolute Gasteiger partial charge is 0.474 e. The Balaban J connectivity index is 0.00000242. The second kappa shape index (κ2) is 10.6. The van der Waals surface area contributed by atoms with Crippen molar-refractivity contribution in [3.8, 4) is 5.88 Å². The molecule has 1 heterocycles. The number of ether oxygens (including phenoxy) is 1. The lowest BCUT2D eigenvalue weighted by molar-refractivity contribution is 0.201. The number of aromatic nitrogens is 1. The summed E-state index contributed by atoms with van der Waals surface area (Å²) >= 11 is 0. The van der Waals surface area contributed by atoms with Gasteiger partial charge in [0.1, 0.15) is 6.10 Å². The van der Waals surface area contributed by atoms with E-state index in [4.69, 9.17) is 4.74 Å². The van der Waals surface area contributed by atoms with Gasteiger partial charge in [-0.3, -0.25) is 4.99 Å². The van der Waals surface area contributed by atoms with Gasteiger partial charge in [-0.15, -0.1) is 24.0 Å². The van der Waals surface area contributed by atoms with Crippen molar-refractivity contribution < 1.29 is 4.74 Å². The highest BCUT2D eigenvalue weighted by molar-refractivity contribution is 14.0. The van der Waals surface area contributed by atoms with Gasteiger partial charge in [-0.1, -0.05) is 13.0 Å². The maximum Gasteiger partial charge on any atom is 0.213 e. The van der Waals surface area contributed by atoms with E-state index in [1.54, 1.807) is 7.05 Å². The van der Waals surface area contributed by atoms with Gasteiger partial charge >= 0.3 is 0 Å². The molecule has 0 saturated heterocycles. The Morgan fingerprint density at radius 1 is 1.32 bits per heavy atom. The molecule has 0 spiro atoms. The van der Waals surface area contributed by atoms with Gasteiger partial charge in [0.15, 0.2) is 5.96 Å². The Hall–Kier alpha value is -1.05. The predicted molar refractivity (Wildman–Crippen MR) is 101 cm³/mol. The normalized spacial score (nSPS) is 15.3. The van der Waals surface area contributed by atoms with E-state index in [0.29, 0.717) is 12.6 Å². The topological polar surface area (TPSA) is 58.5 Å². The van der Waals surface area contributed by atoms with E-state index in [9.17, 15) is 0 Å². The molecule has 6 heteroatoms. The van der Waals surface area contributed by atoms with Crippen LogP contribution in [0.1, 0.15) is 44.6 Å². The molecule has 0 bridgehead atoms. The van der Waals surface area contributed by atoms with Crippen LogP contribution in [0.3, 0.4) is 0 Å². The van der Waals surface area contributed by atoms with Crippen molar-refractivity contribution in [2.24, 2.45) is 4.99 Å². The highest BCUT2D eigenvalue weighted by Gasteiger charge is 2.16. The van der Waals surface area contributed by atoms with Crippen molar-refractivity contribution in [2.45, 2.75) is 51.7 Å². The van der Waals surface area contributed by atoms with Crippen LogP contribution >= 0.6 is 24.0 Å². The maximum atomic E-state index is 5.86. The number of nitrogens with zero attached hydrogens (tertiary/aromatic N) is 2. The van der Waals surface area contributed by atoms with E-state index >= 15 is 0 Å². The zero-order valence-electron chi connectivity index (χ0n) is 13.5. The maximum absolute atomic E-state index is 5.86. The highest BCUT2D eigenvalue weighted by Crippen LogP contribution is 2.22. The molecule has 1 aromatic rings. The molecular formula is C16H27IN4O. The molecule has 2 rings (SSSR count). The summed E-state index contributed by atoms with van der Waals surface area (Å²) in [5.41, 5.74) is 1.12. The first-order valence-electron chi connectivity index (χ1n) is 7.88. The van der Waals surface area contributed by atoms with E-state index in [1.165, 1.54) is 12.8 Å². The van der Waals surface area contributed by atoms with E-state index in [1.807, 2.05) is 12.3 Å². The van der Waals surface area contributed by atoms with Crippen LogP contribution in [0, 0.1) is 0 Å². The summed E-state index contributed by atoms with van der Waals surface area (Å²) in [6, 6.07) is 4.01. The van der Waals surface area contributed by atoms with Crippen molar-refractivity contribution in [1.29, 1.82) is 0 Å². The lowest BCUT2D eigenvalue weighted by Gasteiger charge is -2.13. The van der Waals surface area contributed by atoms with Gasteiger partial charge in [0, 0.05) is 32.4 Å². The fourth-order valence-corrected chi connectivity index (χ4v) is 2.41. The number of rotatable bonds is 6. The Morgan fingerprint density at radius 3 is 2.68 bits per heavy atom. The first-order chi connectivity index (χ1) is 10.3. The molecule has 1 fully saturated rings. The molecule has 1 aliphatic carbocycles. The van der Waals surface area contributed by atoms with Crippen molar-refractivity contribution in [3.05, 3.63) is 23.9 Å². The summed E-state index contributed by atoms with van der Waals surface area (Å²) in [5.74, 6) is 1.56.